The van der Waals surface area contributed by atoms with Crippen molar-refractivity contribution < 1.29 is 14.4 Å². The summed E-state index contributed by atoms with van der Waals surface area (Å²) in [5.41, 5.74) is 3.96. The maximum absolute atomic E-state index is 10.9. The Morgan fingerprint density at radius 1 is 1.17 bits per heavy atom. The van der Waals surface area contributed by atoms with E-state index in [1.807, 2.05) is 54.6 Å². The standard InChI is InChI=1S/C23H18ClN3O3/c1-14(23(28)29)25-13-15-10-11-20-18(12-15)22(27-30-20)26-19-9-5-8-17(21(19)24)16-6-3-2-4-7-16/h2-14H,1H3,(H,26,27)(H,28,29)/t14-/m0/s1. The molecule has 0 aliphatic heterocycles. The molecule has 0 bridgehead atoms. The van der Waals surface area contributed by atoms with Gasteiger partial charge in [-0.3, -0.25) is 4.99 Å². The van der Waals surface area contributed by atoms with Crippen molar-refractivity contribution in [1.82, 2.24) is 5.16 Å². The van der Waals surface area contributed by atoms with Gasteiger partial charge in [-0.1, -0.05) is 59.2 Å². The summed E-state index contributed by atoms with van der Waals surface area (Å²) in [6.07, 6.45) is 1.53. The summed E-state index contributed by atoms with van der Waals surface area (Å²) in [7, 11) is 0. The highest BCUT2D eigenvalue weighted by atomic mass is 35.5. The topological polar surface area (TPSA) is 87.7 Å². The van der Waals surface area contributed by atoms with Crippen molar-refractivity contribution in [3.8, 4) is 11.1 Å². The van der Waals surface area contributed by atoms with Gasteiger partial charge in [-0.2, -0.15) is 0 Å². The molecule has 7 heteroatoms. The normalized spacial score (nSPS) is 12.3. The fraction of sp³-hybridized carbons (Fsp3) is 0.0870. The lowest BCUT2D eigenvalue weighted by molar-refractivity contribution is -0.137. The van der Waals surface area contributed by atoms with E-state index in [0.717, 1.165) is 22.1 Å². The van der Waals surface area contributed by atoms with Crippen LogP contribution in [0.15, 0.2) is 76.2 Å². The Morgan fingerprint density at radius 3 is 2.73 bits per heavy atom. The van der Waals surface area contributed by atoms with E-state index in [1.165, 1.54) is 13.1 Å². The van der Waals surface area contributed by atoms with E-state index < -0.39 is 12.0 Å². The first-order valence-corrected chi connectivity index (χ1v) is 9.67. The lowest BCUT2D eigenvalue weighted by atomic mass is 10.0. The van der Waals surface area contributed by atoms with Crippen molar-refractivity contribution in [3.63, 3.8) is 0 Å². The molecule has 1 aromatic heterocycles. The number of aromatic nitrogens is 1. The van der Waals surface area contributed by atoms with Gasteiger partial charge >= 0.3 is 5.97 Å². The summed E-state index contributed by atoms with van der Waals surface area (Å²) < 4.78 is 5.40. The van der Waals surface area contributed by atoms with E-state index in [0.29, 0.717) is 22.1 Å². The molecular formula is C23H18ClN3O3. The number of fused-ring (bicyclic) bond motifs is 1. The van der Waals surface area contributed by atoms with Gasteiger partial charge in [0.05, 0.1) is 16.1 Å². The van der Waals surface area contributed by atoms with Crippen LogP contribution < -0.4 is 5.32 Å². The van der Waals surface area contributed by atoms with E-state index in [2.05, 4.69) is 15.5 Å². The molecule has 0 fully saturated rings. The molecule has 6 nitrogen and oxygen atoms in total. The van der Waals surface area contributed by atoms with Crippen molar-refractivity contribution in [2.45, 2.75) is 13.0 Å². The van der Waals surface area contributed by atoms with Gasteiger partial charge in [0.1, 0.15) is 6.04 Å². The SMILES string of the molecule is C[C@H](N=Cc1ccc2onc(Nc3cccc(-c4ccccc4)c3Cl)c2c1)C(=O)O. The molecule has 0 amide bonds. The fourth-order valence-electron chi connectivity index (χ4n) is 2.99. The second-order valence-electron chi connectivity index (χ2n) is 6.74. The zero-order chi connectivity index (χ0) is 21.1. The molecule has 0 spiro atoms. The Morgan fingerprint density at radius 2 is 1.97 bits per heavy atom. The van der Waals surface area contributed by atoms with Gasteiger partial charge < -0.3 is 14.9 Å². The van der Waals surface area contributed by atoms with Crippen molar-refractivity contribution in [2.24, 2.45) is 4.99 Å². The van der Waals surface area contributed by atoms with Crippen LogP contribution in [-0.2, 0) is 4.79 Å². The van der Waals surface area contributed by atoms with Crippen LogP contribution in [0.4, 0.5) is 11.5 Å². The van der Waals surface area contributed by atoms with Crippen molar-refractivity contribution in [1.29, 1.82) is 0 Å². The van der Waals surface area contributed by atoms with Crippen molar-refractivity contribution >= 4 is 46.3 Å². The van der Waals surface area contributed by atoms with E-state index in [1.54, 1.807) is 12.1 Å². The number of aliphatic carboxylic acids is 1. The average Bonchev–Trinajstić information content (AvgIpc) is 3.16. The van der Waals surface area contributed by atoms with E-state index in [9.17, 15) is 4.79 Å². The summed E-state index contributed by atoms with van der Waals surface area (Å²) >= 11 is 6.66. The highest BCUT2D eigenvalue weighted by molar-refractivity contribution is 6.36. The maximum atomic E-state index is 10.9. The maximum Gasteiger partial charge on any atom is 0.328 e. The van der Waals surface area contributed by atoms with Gasteiger partial charge in [-0.25, -0.2) is 4.79 Å². The summed E-state index contributed by atoms with van der Waals surface area (Å²) in [5.74, 6) is -0.466. The van der Waals surface area contributed by atoms with Crippen molar-refractivity contribution in [2.75, 3.05) is 5.32 Å². The third-order valence-corrected chi connectivity index (χ3v) is 5.04. The predicted molar refractivity (Wildman–Crippen MR) is 119 cm³/mol. The first kappa shape index (κ1) is 19.7. The molecule has 4 rings (SSSR count). The number of nitrogens with zero attached hydrogens (tertiary/aromatic N) is 2. The second kappa shape index (κ2) is 8.39. The van der Waals surface area contributed by atoms with Gasteiger partial charge in [0.15, 0.2) is 11.4 Å². The number of hydrogen-bond acceptors (Lipinski definition) is 5. The van der Waals surface area contributed by atoms with Crippen LogP contribution in [0.25, 0.3) is 22.1 Å². The van der Waals surface area contributed by atoms with Gasteiger partial charge in [0.2, 0.25) is 0 Å². The Kier molecular flexibility index (Phi) is 5.50. The largest absolute Gasteiger partial charge is 0.480 e. The quantitative estimate of drug-likeness (QED) is 0.386. The summed E-state index contributed by atoms with van der Waals surface area (Å²) in [4.78, 5) is 15.0. The van der Waals surface area contributed by atoms with Gasteiger partial charge in [0.25, 0.3) is 0 Å². The van der Waals surface area contributed by atoms with Crippen LogP contribution in [-0.4, -0.2) is 28.5 Å². The number of carboxylic acid groups (broad SMARTS) is 1. The number of benzene rings is 3. The molecule has 4 aromatic rings. The Hall–Kier alpha value is -3.64. The number of aliphatic imine (C=N–C) groups is 1. The van der Waals surface area contributed by atoms with Crippen LogP contribution in [0.3, 0.4) is 0 Å². The summed E-state index contributed by atoms with van der Waals surface area (Å²) in [6, 6.07) is 20.2. The molecule has 0 saturated carbocycles. The lowest BCUT2D eigenvalue weighted by Crippen LogP contribution is -2.13. The fourth-order valence-corrected chi connectivity index (χ4v) is 3.27. The smallest absolute Gasteiger partial charge is 0.328 e. The number of rotatable bonds is 6. The first-order valence-electron chi connectivity index (χ1n) is 9.29. The van der Waals surface area contributed by atoms with Gasteiger partial charge in [-0.05, 0) is 42.3 Å². The average molecular weight is 420 g/mol. The van der Waals surface area contributed by atoms with Crippen molar-refractivity contribution in [3.05, 3.63) is 77.3 Å². The van der Waals surface area contributed by atoms with E-state index in [-0.39, 0.29) is 0 Å². The lowest BCUT2D eigenvalue weighted by Gasteiger charge is -2.10. The number of carbonyl (C=O) groups is 1. The molecule has 150 valence electrons. The number of nitrogens with one attached hydrogen (secondary N) is 1. The number of anilines is 2. The highest BCUT2D eigenvalue weighted by Crippen LogP contribution is 2.36. The van der Waals surface area contributed by atoms with Gasteiger partial charge in [0, 0.05) is 11.8 Å². The monoisotopic (exact) mass is 419 g/mol. The third-order valence-electron chi connectivity index (χ3n) is 4.64. The van der Waals surface area contributed by atoms with Crippen LogP contribution in [0.1, 0.15) is 12.5 Å². The van der Waals surface area contributed by atoms with E-state index >= 15 is 0 Å². The minimum absolute atomic E-state index is 0.513. The molecule has 30 heavy (non-hydrogen) atoms. The Labute approximate surface area is 177 Å². The molecule has 3 aromatic carbocycles. The third kappa shape index (κ3) is 4.04. The predicted octanol–water partition coefficient (Wildman–Crippen LogP) is 5.78. The molecule has 0 radical (unpaired) electrons. The zero-order valence-electron chi connectivity index (χ0n) is 16.0. The molecule has 1 atom stereocenters. The zero-order valence-corrected chi connectivity index (χ0v) is 16.8. The number of hydrogen-bond donors (Lipinski definition) is 2. The van der Waals surface area contributed by atoms with Gasteiger partial charge in [-0.15, -0.1) is 0 Å². The second-order valence-corrected chi connectivity index (χ2v) is 7.12. The van der Waals surface area contributed by atoms with Crippen LogP contribution >= 0.6 is 11.6 Å². The molecular weight excluding hydrogens is 402 g/mol. The van der Waals surface area contributed by atoms with Crippen LogP contribution in [0.2, 0.25) is 5.02 Å². The summed E-state index contributed by atoms with van der Waals surface area (Å²) in [6.45, 7) is 1.52. The highest BCUT2D eigenvalue weighted by Gasteiger charge is 2.13. The van der Waals surface area contributed by atoms with Crippen LogP contribution in [0.5, 0.6) is 0 Å². The molecule has 0 unspecified atom stereocenters. The minimum atomic E-state index is -0.979. The molecule has 0 aliphatic carbocycles. The Bertz CT molecular complexity index is 1240. The molecule has 2 N–H and O–H groups in total. The molecule has 0 saturated heterocycles. The molecule has 1 heterocycles. The molecule has 0 aliphatic rings. The Balaban J connectivity index is 1.66. The first-order chi connectivity index (χ1) is 14.5. The minimum Gasteiger partial charge on any atom is -0.480 e. The summed E-state index contributed by atoms with van der Waals surface area (Å²) in [5, 5.41) is 17.6. The van der Waals surface area contributed by atoms with Crippen LogP contribution in [0, 0.1) is 0 Å². The number of carboxylic acids is 1. The number of halogens is 1. The van der Waals surface area contributed by atoms with E-state index in [4.69, 9.17) is 21.2 Å².